The second kappa shape index (κ2) is 6.60. The van der Waals surface area contributed by atoms with E-state index in [9.17, 15) is 4.79 Å². The molecule has 0 aliphatic carbocycles. The van der Waals surface area contributed by atoms with Crippen molar-refractivity contribution in [1.29, 1.82) is 0 Å². The number of nitrogens with one attached hydrogen (secondary N) is 1. The maximum Gasteiger partial charge on any atom is 0.407 e. The first kappa shape index (κ1) is 15.5. The molecule has 0 bridgehead atoms. The number of amides is 1. The second-order valence-corrected chi connectivity index (χ2v) is 5.86. The lowest BCUT2D eigenvalue weighted by molar-refractivity contribution is 0.0523. The van der Waals surface area contributed by atoms with Crippen molar-refractivity contribution < 1.29 is 9.53 Å². The van der Waals surface area contributed by atoms with Gasteiger partial charge in [0.15, 0.2) is 0 Å². The second-order valence-electron chi connectivity index (χ2n) is 5.86. The van der Waals surface area contributed by atoms with Crippen LogP contribution in [0.4, 0.5) is 4.79 Å². The van der Waals surface area contributed by atoms with E-state index in [0.717, 1.165) is 12.0 Å². The molecule has 0 saturated heterocycles. The highest BCUT2D eigenvalue weighted by Gasteiger charge is 2.16. The normalized spacial score (nSPS) is 12.9. The van der Waals surface area contributed by atoms with Gasteiger partial charge in [0.2, 0.25) is 0 Å². The van der Waals surface area contributed by atoms with Crippen molar-refractivity contribution >= 4 is 6.09 Å². The molecule has 3 nitrogen and oxygen atoms in total. The zero-order valence-corrected chi connectivity index (χ0v) is 12.6. The Kier molecular flexibility index (Phi) is 5.40. The molecule has 0 aliphatic heterocycles. The van der Waals surface area contributed by atoms with E-state index in [2.05, 4.69) is 31.3 Å². The van der Waals surface area contributed by atoms with Crippen molar-refractivity contribution in [2.45, 2.75) is 59.1 Å². The van der Waals surface area contributed by atoms with Crippen LogP contribution in [0.1, 0.15) is 58.1 Å². The summed E-state index contributed by atoms with van der Waals surface area (Å²) in [5, 5.41) is 2.81. The average molecular weight is 263 g/mol. The van der Waals surface area contributed by atoms with Crippen LogP contribution in [-0.4, -0.2) is 11.7 Å². The number of carbonyl (C=O) groups excluding carboxylic acids is 1. The Balaban J connectivity index is 2.65. The Hall–Kier alpha value is -1.51. The van der Waals surface area contributed by atoms with Gasteiger partial charge in [-0.2, -0.15) is 0 Å². The van der Waals surface area contributed by atoms with Gasteiger partial charge < -0.3 is 10.1 Å². The molecule has 1 aromatic rings. The van der Waals surface area contributed by atoms with Crippen LogP contribution in [0, 0.1) is 0 Å². The van der Waals surface area contributed by atoms with E-state index in [1.54, 1.807) is 0 Å². The number of benzene rings is 1. The van der Waals surface area contributed by atoms with Gasteiger partial charge in [-0.25, -0.2) is 4.79 Å². The molecule has 19 heavy (non-hydrogen) atoms. The lowest BCUT2D eigenvalue weighted by Gasteiger charge is -2.20. The molecule has 3 heteroatoms. The summed E-state index contributed by atoms with van der Waals surface area (Å²) in [4.78, 5) is 11.6. The molecule has 106 valence electrons. The summed E-state index contributed by atoms with van der Waals surface area (Å²) in [6, 6.07) is 8.22. The standard InChI is InChI=1S/C16H25NO2/c1-6-12(2)14-10-8-7-9-13(14)11-17-15(18)19-16(3,4)5/h7-10,12H,6,11H2,1-5H3,(H,17,18). The van der Waals surface area contributed by atoms with Gasteiger partial charge in [0, 0.05) is 6.54 Å². The van der Waals surface area contributed by atoms with Gasteiger partial charge in [-0.3, -0.25) is 0 Å². The summed E-state index contributed by atoms with van der Waals surface area (Å²) < 4.78 is 5.24. The van der Waals surface area contributed by atoms with Crippen molar-refractivity contribution in [3.8, 4) is 0 Å². The minimum atomic E-state index is -0.458. The minimum Gasteiger partial charge on any atom is -0.444 e. The van der Waals surface area contributed by atoms with Crippen LogP contribution in [0.15, 0.2) is 24.3 Å². The first-order valence-corrected chi connectivity index (χ1v) is 6.88. The zero-order chi connectivity index (χ0) is 14.5. The van der Waals surface area contributed by atoms with Crippen LogP contribution in [0.3, 0.4) is 0 Å². The quantitative estimate of drug-likeness (QED) is 0.883. The van der Waals surface area contributed by atoms with E-state index in [1.807, 2.05) is 32.9 Å². The van der Waals surface area contributed by atoms with Crippen LogP contribution in [0.25, 0.3) is 0 Å². The Morgan fingerprint density at radius 3 is 2.53 bits per heavy atom. The lowest BCUT2D eigenvalue weighted by atomic mass is 9.94. The maximum atomic E-state index is 11.6. The molecule has 0 radical (unpaired) electrons. The van der Waals surface area contributed by atoms with Crippen molar-refractivity contribution in [2.24, 2.45) is 0 Å². The predicted molar refractivity (Wildman–Crippen MR) is 78.2 cm³/mol. The monoisotopic (exact) mass is 263 g/mol. The van der Waals surface area contributed by atoms with Gasteiger partial charge in [0.1, 0.15) is 5.60 Å². The fraction of sp³-hybridized carbons (Fsp3) is 0.562. The van der Waals surface area contributed by atoms with Gasteiger partial charge in [-0.1, -0.05) is 38.1 Å². The van der Waals surface area contributed by atoms with Gasteiger partial charge in [0.25, 0.3) is 0 Å². The highest BCUT2D eigenvalue weighted by Crippen LogP contribution is 2.22. The van der Waals surface area contributed by atoms with Gasteiger partial charge in [0.05, 0.1) is 0 Å². The van der Waals surface area contributed by atoms with Gasteiger partial charge in [-0.15, -0.1) is 0 Å². The predicted octanol–water partition coefficient (Wildman–Crippen LogP) is 4.22. The number of hydrogen-bond donors (Lipinski definition) is 1. The largest absolute Gasteiger partial charge is 0.444 e. The molecule has 1 amide bonds. The smallest absolute Gasteiger partial charge is 0.407 e. The number of ether oxygens (including phenoxy) is 1. The highest BCUT2D eigenvalue weighted by molar-refractivity contribution is 5.67. The fourth-order valence-electron chi connectivity index (χ4n) is 1.88. The molecule has 0 heterocycles. The van der Waals surface area contributed by atoms with Crippen LogP contribution in [0.2, 0.25) is 0 Å². The summed E-state index contributed by atoms with van der Waals surface area (Å²) in [6.07, 6.45) is 0.718. The summed E-state index contributed by atoms with van der Waals surface area (Å²) >= 11 is 0. The Bertz CT molecular complexity index is 421. The minimum absolute atomic E-state index is 0.369. The molecule has 1 unspecified atom stereocenters. The van der Waals surface area contributed by atoms with E-state index in [0.29, 0.717) is 12.5 Å². The molecular weight excluding hydrogens is 238 g/mol. The van der Waals surface area contributed by atoms with E-state index >= 15 is 0 Å². The maximum absolute atomic E-state index is 11.6. The molecule has 0 spiro atoms. The third-order valence-corrected chi connectivity index (χ3v) is 3.02. The van der Waals surface area contributed by atoms with Gasteiger partial charge >= 0.3 is 6.09 Å². The Labute approximate surface area is 116 Å². The zero-order valence-electron chi connectivity index (χ0n) is 12.6. The molecule has 1 atom stereocenters. The number of carbonyl (C=O) groups is 1. The van der Waals surface area contributed by atoms with Crippen molar-refractivity contribution in [1.82, 2.24) is 5.32 Å². The van der Waals surface area contributed by atoms with Crippen LogP contribution >= 0.6 is 0 Å². The van der Waals surface area contributed by atoms with Crippen LogP contribution < -0.4 is 5.32 Å². The van der Waals surface area contributed by atoms with Crippen molar-refractivity contribution in [3.05, 3.63) is 35.4 Å². The summed E-state index contributed by atoms with van der Waals surface area (Å²) in [7, 11) is 0. The summed E-state index contributed by atoms with van der Waals surface area (Å²) in [6.45, 7) is 10.5. The molecule has 1 N–H and O–H groups in total. The molecule has 1 aromatic carbocycles. The third-order valence-electron chi connectivity index (χ3n) is 3.02. The van der Waals surface area contributed by atoms with E-state index < -0.39 is 5.60 Å². The molecule has 1 rings (SSSR count). The first-order chi connectivity index (χ1) is 8.83. The molecule has 0 aromatic heterocycles. The molecule has 0 aliphatic rings. The highest BCUT2D eigenvalue weighted by atomic mass is 16.6. The van der Waals surface area contributed by atoms with E-state index in [-0.39, 0.29) is 6.09 Å². The van der Waals surface area contributed by atoms with Crippen molar-refractivity contribution in [3.63, 3.8) is 0 Å². The molecule has 0 saturated carbocycles. The third kappa shape index (κ3) is 5.33. The van der Waals surface area contributed by atoms with E-state index in [1.165, 1.54) is 5.56 Å². The summed E-state index contributed by atoms with van der Waals surface area (Å²) in [5.41, 5.74) is 1.99. The van der Waals surface area contributed by atoms with Crippen LogP contribution in [0.5, 0.6) is 0 Å². The topological polar surface area (TPSA) is 38.3 Å². The number of hydrogen-bond acceptors (Lipinski definition) is 2. The first-order valence-electron chi connectivity index (χ1n) is 6.88. The van der Waals surface area contributed by atoms with Crippen molar-refractivity contribution in [2.75, 3.05) is 0 Å². The lowest BCUT2D eigenvalue weighted by Crippen LogP contribution is -2.32. The SMILES string of the molecule is CCC(C)c1ccccc1CNC(=O)OC(C)(C)C. The molecular formula is C16H25NO2. The van der Waals surface area contributed by atoms with Crippen LogP contribution in [-0.2, 0) is 11.3 Å². The number of rotatable bonds is 4. The fourth-order valence-corrected chi connectivity index (χ4v) is 1.88. The average Bonchev–Trinajstić information content (AvgIpc) is 2.33. The van der Waals surface area contributed by atoms with Gasteiger partial charge in [-0.05, 0) is 44.2 Å². The Morgan fingerprint density at radius 2 is 1.95 bits per heavy atom. The number of alkyl carbamates (subject to hydrolysis) is 1. The summed E-state index contributed by atoms with van der Waals surface area (Å²) in [5.74, 6) is 0.497. The molecule has 0 fully saturated rings. The van der Waals surface area contributed by atoms with E-state index in [4.69, 9.17) is 4.74 Å². The Morgan fingerprint density at radius 1 is 1.32 bits per heavy atom.